The average Bonchev–Trinajstić information content (AvgIpc) is 2.77. The number of carbonyl (C=O) groups is 3. The number of carboxylic acids is 2. The van der Waals surface area contributed by atoms with Crippen LogP contribution in [-0.2, 0) is 16.1 Å². The SMILES string of the molecule is Cc1cscc1CNC(=O)NC(CCC(=O)O)C(=O)O. The van der Waals surface area contributed by atoms with Gasteiger partial charge in [0.2, 0.25) is 0 Å². The normalized spacial score (nSPS) is 11.7. The smallest absolute Gasteiger partial charge is 0.326 e. The van der Waals surface area contributed by atoms with E-state index >= 15 is 0 Å². The third kappa shape index (κ3) is 5.27. The summed E-state index contributed by atoms with van der Waals surface area (Å²) in [6.45, 7) is 2.21. The maximum Gasteiger partial charge on any atom is 0.326 e. The van der Waals surface area contributed by atoms with Crippen molar-refractivity contribution in [2.75, 3.05) is 0 Å². The monoisotopic (exact) mass is 300 g/mol. The van der Waals surface area contributed by atoms with Crippen LogP contribution in [0.3, 0.4) is 0 Å². The maximum absolute atomic E-state index is 11.6. The number of hydrogen-bond donors (Lipinski definition) is 4. The number of amides is 2. The number of aliphatic carboxylic acids is 2. The standard InChI is InChI=1S/C12H16N2O5S/c1-7-5-20-6-8(7)4-13-12(19)14-9(11(17)18)2-3-10(15)16/h5-6,9H,2-4H2,1H3,(H,15,16)(H,17,18)(H2,13,14,19). The van der Waals surface area contributed by atoms with Crippen molar-refractivity contribution in [1.82, 2.24) is 10.6 Å². The van der Waals surface area contributed by atoms with Gasteiger partial charge < -0.3 is 20.8 Å². The molecule has 110 valence electrons. The molecule has 4 N–H and O–H groups in total. The lowest BCUT2D eigenvalue weighted by atomic mass is 10.1. The summed E-state index contributed by atoms with van der Waals surface area (Å²) in [5, 5.41) is 26.0. The number of carboxylic acid groups (broad SMARTS) is 2. The van der Waals surface area contributed by atoms with Crippen LogP contribution in [-0.4, -0.2) is 34.2 Å². The molecular formula is C12H16N2O5S. The van der Waals surface area contributed by atoms with E-state index in [9.17, 15) is 14.4 Å². The van der Waals surface area contributed by atoms with Gasteiger partial charge in [-0.15, -0.1) is 0 Å². The summed E-state index contributed by atoms with van der Waals surface area (Å²) in [5.74, 6) is -2.36. The summed E-state index contributed by atoms with van der Waals surface area (Å²) < 4.78 is 0. The van der Waals surface area contributed by atoms with Crippen molar-refractivity contribution < 1.29 is 24.6 Å². The Morgan fingerprint density at radius 3 is 2.50 bits per heavy atom. The second-order valence-corrected chi connectivity index (χ2v) is 4.97. The Labute approximate surface area is 119 Å². The van der Waals surface area contributed by atoms with Gasteiger partial charge in [-0.3, -0.25) is 4.79 Å². The molecule has 1 aromatic rings. The summed E-state index contributed by atoms with van der Waals surface area (Å²) in [5.41, 5.74) is 2.01. The van der Waals surface area contributed by atoms with Crippen LogP contribution in [0.15, 0.2) is 10.8 Å². The molecule has 1 heterocycles. The number of nitrogens with one attached hydrogen (secondary N) is 2. The van der Waals surface area contributed by atoms with Gasteiger partial charge in [0, 0.05) is 13.0 Å². The lowest BCUT2D eigenvalue weighted by Crippen LogP contribution is -2.46. The van der Waals surface area contributed by atoms with Gasteiger partial charge in [-0.05, 0) is 35.2 Å². The van der Waals surface area contributed by atoms with Gasteiger partial charge in [0.25, 0.3) is 0 Å². The van der Waals surface area contributed by atoms with E-state index in [-0.39, 0.29) is 12.8 Å². The molecular weight excluding hydrogens is 284 g/mol. The Balaban J connectivity index is 2.43. The fourth-order valence-corrected chi connectivity index (χ4v) is 2.33. The maximum atomic E-state index is 11.6. The molecule has 1 aromatic heterocycles. The Hall–Kier alpha value is -2.09. The van der Waals surface area contributed by atoms with Crippen LogP contribution < -0.4 is 10.6 Å². The molecule has 0 bridgehead atoms. The lowest BCUT2D eigenvalue weighted by Gasteiger charge is -2.14. The second kappa shape index (κ2) is 7.49. The van der Waals surface area contributed by atoms with E-state index in [1.807, 2.05) is 17.7 Å². The van der Waals surface area contributed by atoms with E-state index in [1.54, 1.807) is 0 Å². The Morgan fingerprint density at radius 2 is 2.00 bits per heavy atom. The van der Waals surface area contributed by atoms with Crippen molar-refractivity contribution in [3.63, 3.8) is 0 Å². The highest BCUT2D eigenvalue weighted by atomic mass is 32.1. The first-order valence-corrected chi connectivity index (χ1v) is 6.85. The van der Waals surface area contributed by atoms with Gasteiger partial charge in [0.1, 0.15) is 6.04 Å². The van der Waals surface area contributed by atoms with Crippen molar-refractivity contribution in [3.05, 3.63) is 21.9 Å². The molecule has 0 aliphatic heterocycles. The highest BCUT2D eigenvalue weighted by molar-refractivity contribution is 7.08. The Kier molecular flexibility index (Phi) is 5.98. The van der Waals surface area contributed by atoms with Crippen molar-refractivity contribution in [2.24, 2.45) is 0 Å². The van der Waals surface area contributed by atoms with E-state index in [0.29, 0.717) is 6.54 Å². The quantitative estimate of drug-likeness (QED) is 0.603. The molecule has 0 saturated heterocycles. The highest BCUT2D eigenvalue weighted by Gasteiger charge is 2.20. The number of rotatable bonds is 7. The lowest BCUT2D eigenvalue weighted by molar-refractivity contribution is -0.140. The molecule has 20 heavy (non-hydrogen) atoms. The molecule has 1 unspecified atom stereocenters. The van der Waals surface area contributed by atoms with Gasteiger partial charge in [-0.2, -0.15) is 11.3 Å². The molecule has 0 aliphatic rings. The number of hydrogen-bond acceptors (Lipinski definition) is 4. The van der Waals surface area contributed by atoms with E-state index in [2.05, 4.69) is 10.6 Å². The molecule has 1 rings (SSSR count). The highest BCUT2D eigenvalue weighted by Crippen LogP contribution is 2.12. The zero-order chi connectivity index (χ0) is 15.1. The van der Waals surface area contributed by atoms with E-state index in [4.69, 9.17) is 10.2 Å². The molecule has 0 spiro atoms. The van der Waals surface area contributed by atoms with Gasteiger partial charge in [-0.1, -0.05) is 0 Å². The second-order valence-electron chi connectivity index (χ2n) is 4.23. The van der Waals surface area contributed by atoms with Crippen LogP contribution in [0, 0.1) is 6.92 Å². The predicted octanol–water partition coefficient (Wildman–Crippen LogP) is 1.17. The first-order valence-electron chi connectivity index (χ1n) is 5.90. The fourth-order valence-electron chi connectivity index (χ4n) is 1.48. The van der Waals surface area contributed by atoms with Gasteiger partial charge in [0.05, 0.1) is 0 Å². The van der Waals surface area contributed by atoms with Gasteiger partial charge >= 0.3 is 18.0 Å². The van der Waals surface area contributed by atoms with E-state index in [1.165, 1.54) is 11.3 Å². The number of carbonyl (C=O) groups excluding carboxylic acids is 1. The van der Waals surface area contributed by atoms with Crippen LogP contribution in [0.5, 0.6) is 0 Å². The summed E-state index contributed by atoms with van der Waals surface area (Å²) >= 11 is 1.52. The molecule has 0 fully saturated rings. The predicted molar refractivity (Wildman–Crippen MR) is 72.7 cm³/mol. The van der Waals surface area contributed by atoms with Crippen LogP contribution in [0.1, 0.15) is 24.0 Å². The summed E-state index contributed by atoms with van der Waals surface area (Å²) in [6.07, 6.45) is -0.476. The molecule has 0 saturated carbocycles. The molecule has 7 nitrogen and oxygen atoms in total. The third-order valence-electron chi connectivity index (χ3n) is 2.65. The first kappa shape index (κ1) is 16.0. The van der Waals surface area contributed by atoms with E-state index in [0.717, 1.165) is 11.1 Å². The minimum Gasteiger partial charge on any atom is -0.481 e. The van der Waals surface area contributed by atoms with Gasteiger partial charge in [-0.25, -0.2) is 9.59 Å². The van der Waals surface area contributed by atoms with Crippen LogP contribution in [0.25, 0.3) is 0 Å². The topological polar surface area (TPSA) is 116 Å². The number of thiophene rings is 1. The zero-order valence-corrected chi connectivity index (χ0v) is 11.7. The van der Waals surface area contributed by atoms with Crippen molar-refractivity contribution >= 4 is 29.3 Å². The molecule has 2 amide bonds. The summed E-state index contributed by atoms with van der Waals surface area (Å²) in [4.78, 5) is 32.9. The van der Waals surface area contributed by atoms with Crippen molar-refractivity contribution in [3.8, 4) is 0 Å². The Morgan fingerprint density at radius 1 is 1.30 bits per heavy atom. The van der Waals surface area contributed by atoms with Crippen LogP contribution >= 0.6 is 11.3 Å². The third-order valence-corrected chi connectivity index (χ3v) is 3.56. The molecule has 0 aromatic carbocycles. The van der Waals surface area contributed by atoms with Crippen molar-refractivity contribution in [2.45, 2.75) is 32.4 Å². The van der Waals surface area contributed by atoms with Gasteiger partial charge in [0.15, 0.2) is 0 Å². The van der Waals surface area contributed by atoms with Crippen LogP contribution in [0.4, 0.5) is 4.79 Å². The van der Waals surface area contributed by atoms with Crippen molar-refractivity contribution in [1.29, 1.82) is 0 Å². The average molecular weight is 300 g/mol. The van der Waals surface area contributed by atoms with E-state index < -0.39 is 24.0 Å². The minimum absolute atomic E-state index is 0.157. The summed E-state index contributed by atoms with van der Waals surface area (Å²) in [7, 11) is 0. The molecule has 1 atom stereocenters. The summed E-state index contributed by atoms with van der Waals surface area (Å²) in [6, 6.07) is -1.84. The zero-order valence-electron chi connectivity index (χ0n) is 10.9. The largest absolute Gasteiger partial charge is 0.481 e. The Bertz CT molecular complexity index is 500. The number of urea groups is 1. The fraction of sp³-hybridized carbons (Fsp3) is 0.417. The molecule has 0 aliphatic carbocycles. The van der Waals surface area contributed by atoms with Crippen LogP contribution in [0.2, 0.25) is 0 Å². The molecule has 0 radical (unpaired) electrons. The molecule has 8 heteroatoms. The minimum atomic E-state index is -1.26. The first-order chi connectivity index (χ1) is 9.40. The number of aryl methyl sites for hydroxylation is 1.